The van der Waals surface area contributed by atoms with Gasteiger partial charge in [-0.3, -0.25) is 14.4 Å². The van der Waals surface area contributed by atoms with Crippen LogP contribution in [-0.2, 0) is 43.1 Å². The number of rotatable bonds is 9. The molecule has 1 N–H and O–H groups in total. The summed E-state index contributed by atoms with van der Waals surface area (Å²) in [4.78, 5) is 42.8. The first kappa shape index (κ1) is 30.8. The number of esters is 1. The number of halogens is 3. The maximum atomic E-state index is 14.2. The molecule has 1 saturated heterocycles. The predicted molar refractivity (Wildman–Crippen MR) is 152 cm³/mol. The van der Waals surface area contributed by atoms with Gasteiger partial charge in [0.05, 0.1) is 31.4 Å². The number of fused-ring (bicyclic) bond motifs is 1. The van der Waals surface area contributed by atoms with E-state index < -0.39 is 41.1 Å². The Hall–Kier alpha value is -3.66. The highest BCUT2D eigenvalue weighted by Gasteiger charge is 2.63. The molecule has 2 heterocycles. The summed E-state index contributed by atoms with van der Waals surface area (Å²) in [7, 11) is 1.32. The average molecular weight is 599 g/mol. The number of likely N-dealkylation sites (tertiary alicyclic amines) is 1. The first-order chi connectivity index (χ1) is 20.4. The SMILES string of the molecule is COC(=O)[C@]12C[C@H](CC(=O)NCc3cccc(C(F)(F)F)c3)C(=O)N(Cc3ccccc3)C1=C[C@H](C(C)C)O[C@@H]2C1CC1. The summed E-state index contributed by atoms with van der Waals surface area (Å²) >= 11 is 0. The van der Waals surface area contributed by atoms with Gasteiger partial charge in [-0.15, -0.1) is 0 Å². The molecule has 2 amide bonds. The number of benzene rings is 2. The molecule has 230 valence electrons. The number of hydrogen-bond donors (Lipinski definition) is 1. The van der Waals surface area contributed by atoms with Crippen LogP contribution in [0.5, 0.6) is 0 Å². The van der Waals surface area contributed by atoms with Crippen LogP contribution in [-0.4, -0.2) is 42.0 Å². The first-order valence-corrected chi connectivity index (χ1v) is 14.7. The van der Waals surface area contributed by atoms with Crippen LogP contribution >= 0.6 is 0 Å². The lowest BCUT2D eigenvalue weighted by molar-refractivity contribution is -0.182. The summed E-state index contributed by atoms with van der Waals surface area (Å²) in [6.07, 6.45) is -1.87. The second-order valence-corrected chi connectivity index (χ2v) is 12.1. The van der Waals surface area contributed by atoms with E-state index in [1.54, 1.807) is 4.90 Å². The molecule has 0 spiro atoms. The normalized spacial score (nSPS) is 25.7. The highest BCUT2D eigenvalue weighted by atomic mass is 19.4. The molecule has 4 atom stereocenters. The van der Waals surface area contributed by atoms with Gasteiger partial charge in [0.2, 0.25) is 11.8 Å². The average Bonchev–Trinajstić information content (AvgIpc) is 3.83. The number of hydrogen-bond acceptors (Lipinski definition) is 5. The minimum absolute atomic E-state index is 0.0403. The largest absolute Gasteiger partial charge is 0.468 e. The number of ether oxygens (including phenoxy) is 2. The molecule has 0 bridgehead atoms. The summed E-state index contributed by atoms with van der Waals surface area (Å²) in [5, 5.41) is 2.67. The molecular formula is C33H37F3N2O5. The summed E-state index contributed by atoms with van der Waals surface area (Å²) in [5.41, 5.74) is -0.373. The van der Waals surface area contributed by atoms with Crippen molar-refractivity contribution < 1.29 is 37.0 Å². The van der Waals surface area contributed by atoms with Crippen molar-refractivity contribution in [2.75, 3.05) is 7.11 Å². The van der Waals surface area contributed by atoms with E-state index >= 15 is 0 Å². The molecule has 43 heavy (non-hydrogen) atoms. The number of carbonyl (C=O) groups excluding carboxylic acids is 3. The van der Waals surface area contributed by atoms with Crippen LogP contribution in [0.4, 0.5) is 13.2 Å². The minimum atomic E-state index is -4.50. The molecule has 2 aliphatic heterocycles. The third-order valence-corrected chi connectivity index (χ3v) is 8.66. The number of nitrogens with one attached hydrogen (secondary N) is 1. The molecule has 1 aliphatic carbocycles. The van der Waals surface area contributed by atoms with Gasteiger partial charge in [-0.25, -0.2) is 0 Å². The number of carbonyl (C=O) groups is 3. The Balaban J connectivity index is 1.47. The van der Waals surface area contributed by atoms with Gasteiger partial charge < -0.3 is 19.7 Å². The Morgan fingerprint density at radius 1 is 1.09 bits per heavy atom. The Labute approximate surface area is 249 Å². The Kier molecular flexibility index (Phi) is 8.70. The van der Waals surface area contributed by atoms with Crippen molar-refractivity contribution >= 4 is 17.8 Å². The molecule has 5 rings (SSSR count). The van der Waals surface area contributed by atoms with Gasteiger partial charge >= 0.3 is 12.1 Å². The number of methoxy groups -OCH3 is 1. The van der Waals surface area contributed by atoms with Gasteiger partial charge in [0.1, 0.15) is 5.41 Å². The molecule has 2 aromatic rings. The van der Waals surface area contributed by atoms with Crippen molar-refractivity contribution in [2.24, 2.45) is 23.2 Å². The van der Waals surface area contributed by atoms with Gasteiger partial charge in [-0.1, -0.05) is 56.3 Å². The van der Waals surface area contributed by atoms with Crippen molar-refractivity contribution in [2.45, 2.75) is 71.0 Å². The second kappa shape index (κ2) is 12.1. The van der Waals surface area contributed by atoms with Crippen LogP contribution in [0.1, 0.15) is 56.2 Å². The number of nitrogens with zero attached hydrogens (tertiary/aromatic N) is 1. The van der Waals surface area contributed by atoms with Gasteiger partial charge in [0.25, 0.3) is 0 Å². The van der Waals surface area contributed by atoms with Crippen LogP contribution in [0.2, 0.25) is 0 Å². The smallest absolute Gasteiger partial charge is 0.416 e. The molecule has 0 unspecified atom stereocenters. The van der Waals surface area contributed by atoms with E-state index in [9.17, 15) is 27.6 Å². The van der Waals surface area contributed by atoms with E-state index in [0.29, 0.717) is 5.70 Å². The lowest BCUT2D eigenvalue weighted by Gasteiger charge is -2.53. The van der Waals surface area contributed by atoms with Crippen molar-refractivity contribution in [3.8, 4) is 0 Å². The van der Waals surface area contributed by atoms with E-state index in [-0.39, 0.29) is 55.3 Å². The van der Waals surface area contributed by atoms with Crippen molar-refractivity contribution in [3.63, 3.8) is 0 Å². The molecule has 2 aromatic carbocycles. The summed E-state index contributed by atoms with van der Waals surface area (Å²) < 4.78 is 51.5. The third kappa shape index (κ3) is 6.34. The van der Waals surface area contributed by atoms with Crippen LogP contribution in [0.25, 0.3) is 0 Å². The molecule has 0 aromatic heterocycles. The van der Waals surface area contributed by atoms with Crippen molar-refractivity contribution in [1.82, 2.24) is 10.2 Å². The molecule has 0 radical (unpaired) electrons. The monoisotopic (exact) mass is 598 g/mol. The number of alkyl halides is 3. The molecule has 2 fully saturated rings. The van der Waals surface area contributed by atoms with Crippen LogP contribution in [0.3, 0.4) is 0 Å². The maximum Gasteiger partial charge on any atom is 0.416 e. The molecule has 10 heteroatoms. The standard InChI is InChI=1S/C33H37F3N2O5/c1-20(2)26-16-27-32(31(41)42-3,29(43-26)23-12-13-23)17-24(30(40)38(27)19-21-8-5-4-6-9-21)15-28(39)37-18-22-10-7-11-25(14-22)33(34,35)36/h4-11,14,16,20,23-24,26,29H,12-13,15,17-19H2,1-3H3,(H,37,39)/t24-,26+,29+,32+/m0/s1. The molecule has 1 saturated carbocycles. The highest BCUT2D eigenvalue weighted by Crippen LogP contribution is 2.56. The van der Waals surface area contributed by atoms with Crippen molar-refractivity contribution in [1.29, 1.82) is 0 Å². The fraction of sp³-hybridized carbons (Fsp3) is 0.485. The van der Waals surface area contributed by atoms with Crippen LogP contribution in [0, 0.1) is 23.2 Å². The summed E-state index contributed by atoms with van der Waals surface area (Å²) in [5.74, 6) is -1.95. The van der Waals surface area contributed by atoms with Gasteiger partial charge in [-0.05, 0) is 60.4 Å². The fourth-order valence-electron chi connectivity index (χ4n) is 6.33. The van der Waals surface area contributed by atoms with Gasteiger partial charge in [0.15, 0.2) is 0 Å². The Morgan fingerprint density at radius 2 is 1.79 bits per heavy atom. The lowest BCUT2D eigenvalue weighted by atomic mass is 9.64. The lowest BCUT2D eigenvalue weighted by Crippen LogP contribution is -2.61. The molecular weight excluding hydrogens is 561 g/mol. The maximum absolute atomic E-state index is 14.2. The molecule has 7 nitrogen and oxygen atoms in total. The predicted octanol–water partition coefficient (Wildman–Crippen LogP) is 5.64. The fourth-order valence-corrected chi connectivity index (χ4v) is 6.33. The molecule has 3 aliphatic rings. The Morgan fingerprint density at radius 3 is 2.42 bits per heavy atom. The minimum Gasteiger partial charge on any atom is -0.468 e. The Bertz CT molecular complexity index is 1390. The van der Waals surface area contributed by atoms with E-state index in [0.717, 1.165) is 30.5 Å². The topological polar surface area (TPSA) is 84.9 Å². The van der Waals surface area contributed by atoms with Crippen LogP contribution < -0.4 is 5.32 Å². The zero-order valence-corrected chi connectivity index (χ0v) is 24.5. The summed E-state index contributed by atoms with van der Waals surface area (Å²) in [6.45, 7) is 4.13. The summed E-state index contributed by atoms with van der Waals surface area (Å²) in [6, 6.07) is 14.2. The number of amides is 2. The van der Waals surface area contributed by atoms with E-state index in [2.05, 4.69) is 5.32 Å². The number of piperidine rings is 1. The van der Waals surface area contributed by atoms with Crippen molar-refractivity contribution in [3.05, 3.63) is 83.1 Å². The zero-order chi connectivity index (χ0) is 30.9. The van der Waals surface area contributed by atoms with E-state index in [4.69, 9.17) is 9.47 Å². The van der Waals surface area contributed by atoms with E-state index in [1.807, 2.05) is 50.3 Å². The highest BCUT2D eigenvalue weighted by molar-refractivity contribution is 5.92. The van der Waals surface area contributed by atoms with E-state index in [1.165, 1.54) is 19.2 Å². The van der Waals surface area contributed by atoms with Gasteiger partial charge in [-0.2, -0.15) is 13.2 Å². The van der Waals surface area contributed by atoms with Crippen LogP contribution in [0.15, 0.2) is 66.4 Å². The van der Waals surface area contributed by atoms with Gasteiger partial charge in [0, 0.05) is 24.6 Å². The second-order valence-electron chi connectivity index (χ2n) is 12.1. The zero-order valence-electron chi connectivity index (χ0n) is 24.5. The third-order valence-electron chi connectivity index (χ3n) is 8.66. The quantitative estimate of drug-likeness (QED) is 0.378. The first-order valence-electron chi connectivity index (χ1n) is 14.7.